The molecule has 0 radical (unpaired) electrons. The van der Waals surface area contributed by atoms with Crippen LogP contribution in [0.4, 0.5) is 15.5 Å². The second-order valence-corrected chi connectivity index (χ2v) is 8.13. The average molecular weight is 352 g/mol. The van der Waals surface area contributed by atoms with Crippen molar-refractivity contribution in [3.05, 3.63) is 32.8 Å². The fourth-order valence-corrected chi connectivity index (χ4v) is 3.74. The zero-order chi connectivity index (χ0) is 17.2. The normalized spacial score (nSPS) is 11.2. The lowest BCUT2D eigenvalue weighted by atomic mass is 9.94. The number of hydrogen-bond acceptors (Lipinski definition) is 5. The van der Waals surface area contributed by atoms with Gasteiger partial charge in [0.15, 0.2) is 0 Å². The zero-order valence-electron chi connectivity index (χ0n) is 13.8. The van der Waals surface area contributed by atoms with E-state index in [1.807, 2.05) is 24.4 Å². The smallest absolute Gasteiger partial charge is 0.350 e. The van der Waals surface area contributed by atoms with E-state index in [0.717, 1.165) is 15.4 Å². The van der Waals surface area contributed by atoms with Crippen molar-refractivity contribution in [2.75, 3.05) is 17.7 Å². The number of thiophene rings is 2. The van der Waals surface area contributed by atoms with Gasteiger partial charge in [0.05, 0.1) is 17.8 Å². The van der Waals surface area contributed by atoms with Crippen molar-refractivity contribution in [3.8, 4) is 0 Å². The number of carbonyl (C=O) groups excluding carboxylic acids is 2. The van der Waals surface area contributed by atoms with Gasteiger partial charge in [0, 0.05) is 4.88 Å². The summed E-state index contributed by atoms with van der Waals surface area (Å²) in [7, 11) is 1.33. The van der Waals surface area contributed by atoms with Crippen molar-refractivity contribution in [1.82, 2.24) is 0 Å². The molecule has 0 aromatic carbocycles. The predicted octanol–water partition coefficient (Wildman–Crippen LogP) is 4.85. The fourth-order valence-electron chi connectivity index (χ4n) is 1.86. The molecule has 2 heterocycles. The molecule has 0 saturated carbocycles. The van der Waals surface area contributed by atoms with Crippen molar-refractivity contribution >= 4 is 45.4 Å². The summed E-state index contributed by atoms with van der Waals surface area (Å²) >= 11 is 2.79. The molecule has 0 aliphatic rings. The molecule has 0 aliphatic heterocycles. The van der Waals surface area contributed by atoms with Crippen LogP contribution < -0.4 is 10.6 Å². The zero-order valence-corrected chi connectivity index (χ0v) is 15.4. The van der Waals surface area contributed by atoms with E-state index in [-0.39, 0.29) is 11.4 Å². The minimum Gasteiger partial charge on any atom is -0.465 e. The Morgan fingerprint density at radius 1 is 1.17 bits per heavy atom. The maximum Gasteiger partial charge on any atom is 0.350 e. The largest absolute Gasteiger partial charge is 0.465 e. The molecule has 0 aliphatic carbocycles. The minimum absolute atomic E-state index is 0.116. The van der Waals surface area contributed by atoms with Crippen LogP contribution >= 0.6 is 22.7 Å². The average Bonchev–Trinajstić information content (AvgIpc) is 3.04. The van der Waals surface area contributed by atoms with E-state index in [1.54, 1.807) is 0 Å². The second kappa shape index (κ2) is 6.72. The Labute approximate surface area is 143 Å². The molecule has 2 N–H and O–H groups in total. The van der Waals surface area contributed by atoms with Gasteiger partial charge in [-0.2, -0.15) is 0 Å². The van der Waals surface area contributed by atoms with Crippen LogP contribution in [0, 0.1) is 6.92 Å². The first kappa shape index (κ1) is 17.5. The molecular formula is C16H20N2O3S2. The van der Waals surface area contributed by atoms with Gasteiger partial charge in [0.25, 0.3) is 0 Å². The highest BCUT2D eigenvalue weighted by Gasteiger charge is 2.24. The number of methoxy groups -OCH3 is 1. The van der Waals surface area contributed by atoms with Crippen molar-refractivity contribution in [2.45, 2.75) is 33.1 Å². The van der Waals surface area contributed by atoms with E-state index in [1.165, 1.54) is 29.8 Å². The molecule has 2 rings (SSSR count). The molecule has 2 aromatic heterocycles. The van der Waals surface area contributed by atoms with E-state index in [2.05, 4.69) is 31.4 Å². The van der Waals surface area contributed by atoms with Crippen LogP contribution in [0.3, 0.4) is 0 Å². The van der Waals surface area contributed by atoms with Crippen LogP contribution in [0.2, 0.25) is 0 Å². The van der Waals surface area contributed by atoms with Crippen molar-refractivity contribution in [1.29, 1.82) is 0 Å². The third-order valence-electron chi connectivity index (χ3n) is 3.06. The summed E-state index contributed by atoms with van der Waals surface area (Å²) < 4.78 is 4.81. The summed E-state index contributed by atoms with van der Waals surface area (Å²) in [6.45, 7) is 8.12. The maximum atomic E-state index is 12.2. The molecule has 5 nitrogen and oxygen atoms in total. The predicted molar refractivity (Wildman–Crippen MR) is 96.1 cm³/mol. The third-order valence-corrected chi connectivity index (χ3v) is 5.56. The van der Waals surface area contributed by atoms with Crippen LogP contribution in [0.25, 0.3) is 0 Å². The molecule has 0 unspecified atom stereocenters. The summed E-state index contributed by atoms with van der Waals surface area (Å²) in [4.78, 5) is 25.5. The maximum absolute atomic E-state index is 12.2. The monoisotopic (exact) mass is 352 g/mol. The Kier molecular flexibility index (Phi) is 5.11. The molecule has 124 valence electrons. The van der Waals surface area contributed by atoms with E-state index in [0.29, 0.717) is 10.6 Å². The van der Waals surface area contributed by atoms with E-state index in [4.69, 9.17) is 4.74 Å². The highest BCUT2D eigenvalue weighted by atomic mass is 32.1. The molecule has 0 bridgehead atoms. The number of ether oxygens (including phenoxy) is 1. The molecule has 0 spiro atoms. The lowest BCUT2D eigenvalue weighted by molar-refractivity contribution is 0.0607. The quantitative estimate of drug-likeness (QED) is 0.776. The molecule has 0 fully saturated rings. The SMILES string of the molecule is COC(=O)c1sc(C(C)(C)C)cc1NC(=O)Nc1cc(C)cs1. The Hall–Kier alpha value is -1.86. The number of carbonyl (C=O) groups is 2. The molecule has 0 atom stereocenters. The number of aryl methyl sites for hydroxylation is 1. The second-order valence-electron chi connectivity index (χ2n) is 6.16. The fraction of sp³-hybridized carbons (Fsp3) is 0.375. The Morgan fingerprint density at radius 3 is 2.39 bits per heavy atom. The molecule has 23 heavy (non-hydrogen) atoms. The third kappa shape index (κ3) is 4.33. The van der Waals surface area contributed by atoms with Crippen LogP contribution in [0.5, 0.6) is 0 Å². The van der Waals surface area contributed by atoms with Gasteiger partial charge in [-0.15, -0.1) is 22.7 Å². The summed E-state index contributed by atoms with van der Waals surface area (Å²) in [6, 6.07) is 3.34. The van der Waals surface area contributed by atoms with Gasteiger partial charge in [-0.25, -0.2) is 9.59 Å². The standard InChI is InChI=1S/C16H20N2O3S2/c1-9-6-12(22-8-9)18-15(20)17-10-7-11(16(2,3)4)23-13(10)14(19)21-5/h6-8H,1-5H3,(H2,17,18,20). The summed E-state index contributed by atoms with van der Waals surface area (Å²) in [5.41, 5.74) is 1.44. The number of amides is 2. The number of anilines is 2. The van der Waals surface area contributed by atoms with E-state index >= 15 is 0 Å². The van der Waals surface area contributed by atoms with Crippen LogP contribution in [0.1, 0.15) is 40.9 Å². The first-order valence-corrected chi connectivity index (χ1v) is 8.76. The highest BCUT2D eigenvalue weighted by molar-refractivity contribution is 7.15. The first-order chi connectivity index (χ1) is 10.7. The summed E-state index contributed by atoms with van der Waals surface area (Å²) in [5, 5.41) is 8.22. The van der Waals surface area contributed by atoms with Gasteiger partial charge in [-0.3, -0.25) is 5.32 Å². The van der Waals surface area contributed by atoms with E-state index in [9.17, 15) is 9.59 Å². The van der Waals surface area contributed by atoms with Gasteiger partial charge >= 0.3 is 12.0 Å². The molecule has 2 amide bonds. The van der Waals surface area contributed by atoms with Crippen molar-refractivity contribution < 1.29 is 14.3 Å². The van der Waals surface area contributed by atoms with Crippen molar-refractivity contribution in [2.24, 2.45) is 0 Å². The summed E-state index contributed by atoms with van der Waals surface area (Å²) in [6.07, 6.45) is 0. The lowest BCUT2D eigenvalue weighted by Gasteiger charge is -2.15. The van der Waals surface area contributed by atoms with Gasteiger partial charge in [-0.05, 0) is 35.4 Å². The number of esters is 1. The van der Waals surface area contributed by atoms with Crippen LogP contribution in [0.15, 0.2) is 17.5 Å². The molecule has 2 aromatic rings. The molecule has 0 saturated heterocycles. The Morgan fingerprint density at radius 2 is 1.87 bits per heavy atom. The number of urea groups is 1. The Bertz CT molecular complexity index is 726. The van der Waals surface area contributed by atoms with Crippen molar-refractivity contribution in [3.63, 3.8) is 0 Å². The van der Waals surface area contributed by atoms with Gasteiger partial charge < -0.3 is 10.1 Å². The van der Waals surface area contributed by atoms with E-state index < -0.39 is 5.97 Å². The number of hydrogen-bond donors (Lipinski definition) is 2. The molecular weight excluding hydrogens is 332 g/mol. The van der Waals surface area contributed by atoms with Gasteiger partial charge in [0.1, 0.15) is 4.88 Å². The Balaban J connectivity index is 2.21. The topological polar surface area (TPSA) is 67.4 Å². The highest BCUT2D eigenvalue weighted by Crippen LogP contribution is 2.36. The lowest BCUT2D eigenvalue weighted by Crippen LogP contribution is -2.19. The van der Waals surface area contributed by atoms with Crippen LogP contribution in [-0.4, -0.2) is 19.1 Å². The number of rotatable bonds is 3. The van der Waals surface area contributed by atoms with Gasteiger partial charge in [-0.1, -0.05) is 20.8 Å². The minimum atomic E-state index is -0.451. The van der Waals surface area contributed by atoms with Gasteiger partial charge in [0.2, 0.25) is 0 Å². The van der Waals surface area contributed by atoms with Crippen LogP contribution in [-0.2, 0) is 10.2 Å². The summed E-state index contributed by atoms with van der Waals surface area (Å²) in [5.74, 6) is -0.451. The first-order valence-electron chi connectivity index (χ1n) is 7.06. The number of nitrogens with one attached hydrogen (secondary N) is 2. The molecule has 7 heteroatoms.